The van der Waals surface area contributed by atoms with E-state index in [1.165, 1.54) is 6.07 Å². The van der Waals surface area contributed by atoms with Gasteiger partial charge in [0.1, 0.15) is 18.2 Å². The number of methoxy groups -OCH3 is 1. The normalized spacial score (nSPS) is 10.4. The van der Waals surface area contributed by atoms with Crippen molar-refractivity contribution >= 4 is 5.82 Å². The first kappa shape index (κ1) is 12.4. The van der Waals surface area contributed by atoms with Crippen LogP contribution in [0, 0.1) is 5.82 Å². The van der Waals surface area contributed by atoms with Gasteiger partial charge in [-0.05, 0) is 6.07 Å². The van der Waals surface area contributed by atoms with Crippen molar-refractivity contribution in [3.63, 3.8) is 0 Å². The SMILES string of the molecule is CNc1cc(-c2cncc(F)c2)nc(COC)n1. The van der Waals surface area contributed by atoms with Crippen molar-refractivity contribution in [2.24, 2.45) is 0 Å². The molecule has 6 heteroatoms. The lowest BCUT2D eigenvalue weighted by Gasteiger charge is -2.07. The van der Waals surface area contributed by atoms with Gasteiger partial charge in [-0.1, -0.05) is 0 Å². The Morgan fingerprint density at radius 2 is 2.11 bits per heavy atom. The van der Waals surface area contributed by atoms with E-state index in [2.05, 4.69) is 20.3 Å². The second-order valence-corrected chi connectivity index (χ2v) is 3.63. The molecule has 0 radical (unpaired) electrons. The number of ether oxygens (including phenoxy) is 1. The van der Waals surface area contributed by atoms with Gasteiger partial charge in [0.15, 0.2) is 5.82 Å². The summed E-state index contributed by atoms with van der Waals surface area (Å²) in [4.78, 5) is 12.3. The van der Waals surface area contributed by atoms with Crippen LogP contribution >= 0.6 is 0 Å². The van der Waals surface area contributed by atoms with Gasteiger partial charge in [-0.15, -0.1) is 0 Å². The summed E-state index contributed by atoms with van der Waals surface area (Å²) in [5.41, 5.74) is 1.21. The number of hydrogen-bond donors (Lipinski definition) is 1. The van der Waals surface area contributed by atoms with E-state index in [-0.39, 0.29) is 0 Å². The van der Waals surface area contributed by atoms with E-state index in [4.69, 9.17) is 4.74 Å². The third kappa shape index (κ3) is 2.78. The van der Waals surface area contributed by atoms with Crippen LogP contribution in [-0.4, -0.2) is 29.1 Å². The maximum atomic E-state index is 13.1. The van der Waals surface area contributed by atoms with E-state index in [1.54, 1.807) is 26.4 Å². The fraction of sp³-hybridized carbons (Fsp3) is 0.250. The van der Waals surface area contributed by atoms with Gasteiger partial charge >= 0.3 is 0 Å². The highest BCUT2D eigenvalue weighted by Gasteiger charge is 2.07. The van der Waals surface area contributed by atoms with Crippen LogP contribution in [0.2, 0.25) is 0 Å². The Morgan fingerprint density at radius 3 is 2.78 bits per heavy atom. The van der Waals surface area contributed by atoms with E-state index in [0.29, 0.717) is 29.5 Å². The van der Waals surface area contributed by atoms with Crippen molar-refractivity contribution in [3.05, 3.63) is 36.2 Å². The standard InChI is InChI=1S/C12H13FN4O/c1-14-11-4-10(16-12(17-11)7-18-2)8-3-9(13)6-15-5-8/h3-6H,7H2,1-2H3,(H,14,16,17). The highest BCUT2D eigenvalue weighted by atomic mass is 19.1. The molecule has 0 atom stereocenters. The van der Waals surface area contributed by atoms with Crippen molar-refractivity contribution in [3.8, 4) is 11.3 Å². The highest BCUT2D eigenvalue weighted by molar-refractivity contribution is 5.61. The molecule has 5 nitrogen and oxygen atoms in total. The number of halogens is 1. The first-order chi connectivity index (χ1) is 8.72. The molecule has 1 N–H and O–H groups in total. The van der Waals surface area contributed by atoms with Crippen molar-refractivity contribution in [2.45, 2.75) is 6.61 Å². The molecule has 0 unspecified atom stereocenters. The molecule has 0 aliphatic rings. The Kier molecular flexibility index (Phi) is 3.78. The monoisotopic (exact) mass is 248 g/mol. The molecular weight excluding hydrogens is 235 g/mol. The van der Waals surface area contributed by atoms with E-state index >= 15 is 0 Å². The van der Waals surface area contributed by atoms with Crippen LogP contribution in [0.25, 0.3) is 11.3 Å². The minimum Gasteiger partial charge on any atom is -0.377 e. The van der Waals surface area contributed by atoms with E-state index in [0.717, 1.165) is 6.20 Å². The van der Waals surface area contributed by atoms with Crippen LogP contribution in [0.15, 0.2) is 24.5 Å². The van der Waals surface area contributed by atoms with Crippen LogP contribution in [0.3, 0.4) is 0 Å². The minimum atomic E-state index is -0.398. The molecule has 18 heavy (non-hydrogen) atoms. The summed E-state index contributed by atoms with van der Waals surface area (Å²) >= 11 is 0. The number of nitrogens with zero attached hydrogens (tertiary/aromatic N) is 3. The molecule has 0 aliphatic heterocycles. The zero-order valence-corrected chi connectivity index (χ0v) is 10.1. The third-order valence-corrected chi connectivity index (χ3v) is 2.30. The Balaban J connectivity index is 2.46. The van der Waals surface area contributed by atoms with Crippen molar-refractivity contribution < 1.29 is 9.13 Å². The van der Waals surface area contributed by atoms with Crippen LogP contribution in [0.5, 0.6) is 0 Å². The Hall–Kier alpha value is -2.08. The summed E-state index contributed by atoms with van der Waals surface area (Å²) in [6, 6.07) is 3.11. The molecule has 2 heterocycles. The second-order valence-electron chi connectivity index (χ2n) is 3.63. The first-order valence-electron chi connectivity index (χ1n) is 5.38. The topological polar surface area (TPSA) is 59.9 Å². The zero-order chi connectivity index (χ0) is 13.0. The molecule has 0 aromatic carbocycles. The first-order valence-corrected chi connectivity index (χ1v) is 5.38. The quantitative estimate of drug-likeness (QED) is 0.895. The average Bonchev–Trinajstić information content (AvgIpc) is 2.39. The molecule has 0 spiro atoms. The maximum Gasteiger partial charge on any atom is 0.157 e. The smallest absolute Gasteiger partial charge is 0.157 e. The molecule has 2 rings (SSSR count). The summed E-state index contributed by atoms with van der Waals surface area (Å²) in [6.07, 6.45) is 2.71. The Morgan fingerprint density at radius 1 is 1.28 bits per heavy atom. The molecule has 0 fully saturated rings. The van der Waals surface area contributed by atoms with E-state index in [1.807, 2.05) is 0 Å². The summed E-state index contributed by atoms with van der Waals surface area (Å²) in [5.74, 6) is 0.783. The largest absolute Gasteiger partial charge is 0.377 e. The fourth-order valence-electron chi connectivity index (χ4n) is 1.52. The highest BCUT2D eigenvalue weighted by Crippen LogP contribution is 2.19. The number of nitrogens with one attached hydrogen (secondary N) is 1. The number of hydrogen-bond acceptors (Lipinski definition) is 5. The molecule has 2 aromatic rings. The third-order valence-electron chi connectivity index (χ3n) is 2.30. The maximum absolute atomic E-state index is 13.1. The number of pyridine rings is 1. The zero-order valence-electron chi connectivity index (χ0n) is 10.1. The van der Waals surface area contributed by atoms with Crippen LogP contribution < -0.4 is 5.32 Å². The van der Waals surface area contributed by atoms with Crippen molar-refractivity contribution in [1.29, 1.82) is 0 Å². The minimum absolute atomic E-state index is 0.297. The van der Waals surface area contributed by atoms with Gasteiger partial charge < -0.3 is 10.1 Å². The van der Waals surface area contributed by atoms with Gasteiger partial charge in [0, 0.05) is 32.0 Å². The lowest BCUT2D eigenvalue weighted by Crippen LogP contribution is -2.03. The van der Waals surface area contributed by atoms with Crippen molar-refractivity contribution in [2.75, 3.05) is 19.5 Å². The van der Waals surface area contributed by atoms with E-state index < -0.39 is 5.82 Å². The molecule has 0 amide bonds. The molecule has 0 bridgehead atoms. The summed E-state index contributed by atoms with van der Waals surface area (Å²) < 4.78 is 18.1. The number of rotatable bonds is 4. The molecular formula is C12H13FN4O. The Labute approximate surface area is 104 Å². The molecule has 0 saturated carbocycles. The van der Waals surface area contributed by atoms with Gasteiger partial charge in [0.05, 0.1) is 11.9 Å². The van der Waals surface area contributed by atoms with Gasteiger partial charge in [-0.3, -0.25) is 4.98 Å². The average molecular weight is 248 g/mol. The van der Waals surface area contributed by atoms with Gasteiger partial charge in [0.25, 0.3) is 0 Å². The predicted octanol–water partition coefficient (Wildman–Crippen LogP) is 1.87. The van der Waals surface area contributed by atoms with Crippen LogP contribution in [-0.2, 0) is 11.3 Å². The second kappa shape index (κ2) is 5.50. The summed E-state index contributed by atoms with van der Waals surface area (Å²) in [6.45, 7) is 0.297. The van der Waals surface area contributed by atoms with E-state index in [9.17, 15) is 4.39 Å². The van der Waals surface area contributed by atoms with Gasteiger partial charge in [-0.2, -0.15) is 0 Å². The molecule has 0 aliphatic carbocycles. The number of aromatic nitrogens is 3. The van der Waals surface area contributed by atoms with Gasteiger partial charge in [-0.25, -0.2) is 14.4 Å². The lowest BCUT2D eigenvalue weighted by atomic mass is 10.2. The van der Waals surface area contributed by atoms with Crippen LogP contribution in [0.4, 0.5) is 10.2 Å². The lowest BCUT2D eigenvalue weighted by molar-refractivity contribution is 0.178. The summed E-state index contributed by atoms with van der Waals surface area (Å²) in [5, 5.41) is 2.93. The Bertz CT molecular complexity index is 547. The fourth-order valence-corrected chi connectivity index (χ4v) is 1.52. The van der Waals surface area contributed by atoms with Gasteiger partial charge in [0.2, 0.25) is 0 Å². The molecule has 0 saturated heterocycles. The predicted molar refractivity (Wildman–Crippen MR) is 65.5 cm³/mol. The number of anilines is 1. The molecule has 2 aromatic heterocycles. The van der Waals surface area contributed by atoms with Crippen LogP contribution in [0.1, 0.15) is 5.82 Å². The summed E-state index contributed by atoms with van der Waals surface area (Å²) in [7, 11) is 3.32. The van der Waals surface area contributed by atoms with Crippen molar-refractivity contribution in [1.82, 2.24) is 15.0 Å². The molecule has 94 valence electrons.